The van der Waals surface area contributed by atoms with E-state index < -0.39 is 0 Å². The highest BCUT2D eigenvalue weighted by Crippen LogP contribution is 2.18. The molecule has 0 amide bonds. The zero-order valence-electron chi connectivity index (χ0n) is 14.5. The average Bonchev–Trinajstić information content (AvgIpc) is 2.96. The molecule has 5 nitrogen and oxygen atoms in total. The van der Waals surface area contributed by atoms with Gasteiger partial charge in [0.15, 0.2) is 0 Å². The molecule has 2 N–H and O–H groups in total. The predicted molar refractivity (Wildman–Crippen MR) is 103 cm³/mol. The first-order chi connectivity index (χ1) is 12.5. The van der Waals surface area contributed by atoms with Crippen molar-refractivity contribution in [2.24, 2.45) is 4.99 Å². The molecule has 3 rings (SSSR count). The Hall–Kier alpha value is -2.93. The number of hydrogen-bond acceptors (Lipinski definition) is 4. The van der Waals surface area contributed by atoms with Crippen LogP contribution in [0.1, 0.15) is 11.8 Å². The lowest BCUT2D eigenvalue weighted by atomic mass is 10.3. The number of anilines is 1. The first-order valence-corrected chi connectivity index (χ1v) is 8.91. The normalized spacial score (nSPS) is 11.4. The van der Waals surface area contributed by atoms with Crippen molar-refractivity contribution in [2.45, 2.75) is 13.8 Å². The second kappa shape index (κ2) is 7.97. The fraction of sp³-hybridized carbons (Fsp3) is 0.158. The smallest absolute Gasteiger partial charge is 0.223 e. The minimum Gasteiger partial charge on any atom is -0.494 e. The van der Waals surface area contributed by atoms with Crippen molar-refractivity contribution in [3.05, 3.63) is 70.8 Å². The Morgan fingerprint density at radius 2 is 1.88 bits per heavy atom. The summed E-state index contributed by atoms with van der Waals surface area (Å²) in [6.07, 6.45) is 0. The van der Waals surface area contributed by atoms with Crippen molar-refractivity contribution in [1.29, 1.82) is 5.41 Å². The van der Waals surface area contributed by atoms with Crippen molar-refractivity contribution in [3.8, 4) is 5.75 Å². The van der Waals surface area contributed by atoms with Crippen LogP contribution in [-0.2, 0) is 0 Å². The van der Waals surface area contributed by atoms with E-state index in [4.69, 9.17) is 10.1 Å². The number of halogens is 1. The van der Waals surface area contributed by atoms with Gasteiger partial charge in [0.05, 0.1) is 12.3 Å². The number of rotatable bonds is 4. The Kier molecular flexibility index (Phi) is 5.48. The summed E-state index contributed by atoms with van der Waals surface area (Å²) in [7, 11) is 0. The molecule has 0 unspecified atom stereocenters. The van der Waals surface area contributed by atoms with Gasteiger partial charge >= 0.3 is 0 Å². The molecule has 7 heteroatoms. The number of aromatic nitrogens is 1. The number of benzene rings is 2. The maximum Gasteiger partial charge on any atom is 0.223 e. The molecule has 3 aromatic rings. The van der Waals surface area contributed by atoms with Crippen LogP contribution in [0.3, 0.4) is 0 Å². The maximum absolute atomic E-state index is 13.2. The summed E-state index contributed by atoms with van der Waals surface area (Å²) >= 11 is 1.41. The minimum absolute atomic E-state index is 0.314. The molecule has 0 saturated heterocycles. The van der Waals surface area contributed by atoms with E-state index in [0.29, 0.717) is 23.7 Å². The molecule has 0 spiro atoms. The first kappa shape index (κ1) is 17.9. The summed E-state index contributed by atoms with van der Waals surface area (Å²) < 4.78 is 20.3. The quantitative estimate of drug-likeness (QED) is 0.524. The minimum atomic E-state index is -0.314. The van der Waals surface area contributed by atoms with Gasteiger partial charge in [-0.15, -0.1) is 0 Å². The van der Waals surface area contributed by atoms with Crippen LogP contribution >= 0.6 is 11.5 Å². The van der Waals surface area contributed by atoms with Crippen LogP contribution in [0.5, 0.6) is 5.75 Å². The van der Waals surface area contributed by atoms with Crippen LogP contribution in [0.15, 0.2) is 59.6 Å². The molecule has 0 bridgehead atoms. The van der Waals surface area contributed by atoms with E-state index in [1.807, 2.05) is 38.1 Å². The van der Waals surface area contributed by atoms with Crippen LogP contribution in [-0.4, -0.2) is 16.5 Å². The Morgan fingerprint density at radius 1 is 1.19 bits per heavy atom. The fourth-order valence-corrected chi connectivity index (χ4v) is 3.10. The van der Waals surface area contributed by atoms with Crippen molar-refractivity contribution in [1.82, 2.24) is 3.96 Å². The molecule has 0 aliphatic carbocycles. The standard InChI is InChI=1S/C19H19FN4OS/c1-3-25-17-10-8-16(9-11-17)23-19(24-18(21)12-13(2)26-24)22-15-6-4-14(20)5-7-15/h4-12,21H,3H2,1-2H3,(H,22,23). The molecule has 0 fully saturated rings. The van der Waals surface area contributed by atoms with Gasteiger partial charge in [0.25, 0.3) is 0 Å². The third-order valence-electron chi connectivity index (χ3n) is 3.47. The van der Waals surface area contributed by atoms with E-state index in [1.54, 1.807) is 22.2 Å². The molecule has 2 aromatic carbocycles. The molecular weight excluding hydrogens is 351 g/mol. The van der Waals surface area contributed by atoms with Crippen LogP contribution < -0.4 is 15.5 Å². The van der Waals surface area contributed by atoms with Gasteiger partial charge in [-0.3, -0.25) is 5.41 Å². The average molecular weight is 370 g/mol. The lowest BCUT2D eigenvalue weighted by Crippen LogP contribution is -2.28. The molecular formula is C19H19FN4OS. The Balaban J connectivity index is 1.96. The predicted octanol–water partition coefficient (Wildman–Crippen LogP) is 4.52. The Bertz CT molecular complexity index is 958. The molecule has 26 heavy (non-hydrogen) atoms. The number of nitrogens with one attached hydrogen (secondary N) is 2. The lowest BCUT2D eigenvalue weighted by Gasteiger charge is -2.11. The highest BCUT2D eigenvalue weighted by Gasteiger charge is 2.08. The van der Waals surface area contributed by atoms with E-state index in [2.05, 4.69) is 10.3 Å². The third-order valence-corrected chi connectivity index (χ3v) is 4.43. The van der Waals surface area contributed by atoms with Gasteiger partial charge in [0.2, 0.25) is 5.96 Å². The highest BCUT2D eigenvalue weighted by atomic mass is 32.1. The van der Waals surface area contributed by atoms with Gasteiger partial charge in [-0.2, -0.15) is 0 Å². The molecule has 1 heterocycles. The van der Waals surface area contributed by atoms with Crippen molar-refractivity contribution >= 4 is 28.9 Å². The molecule has 0 saturated carbocycles. The first-order valence-electron chi connectivity index (χ1n) is 8.14. The van der Waals surface area contributed by atoms with Gasteiger partial charge in [-0.25, -0.2) is 13.3 Å². The van der Waals surface area contributed by atoms with E-state index in [-0.39, 0.29) is 5.82 Å². The van der Waals surface area contributed by atoms with E-state index in [1.165, 1.54) is 23.7 Å². The maximum atomic E-state index is 13.2. The summed E-state index contributed by atoms with van der Waals surface area (Å²) in [6.45, 7) is 4.48. The number of ether oxygens (including phenoxy) is 1. The SMILES string of the molecule is CCOc1ccc(NC(=Nc2ccc(F)cc2)n2sc(C)cc2=N)cc1. The lowest BCUT2D eigenvalue weighted by molar-refractivity contribution is 0.340. The molecule has 0 aliphatic rings. The van der Waals surface area contributed by atoms with Crippen LogP contribution in [0, 0.1) is 18.2 Å². The Labute approximate surface area is 155 Å². The third kappa shape index (κ3) is 4.37. The second-order valence-corrected chi connectivity index (χ2v) is 6.71. The summed E-state index contributed by atoms with van der Waals surface area (Å²) in [6, 6.07) is 15.2. The van der Waals surface area contributed by atoms with E-state index >= 15 is 0 Å². The monoisotopic (exact) mass is 370 g/mol. The highest BCUT2D eigenvalue weighted by molar-refractivity contribution is 7.07. The topological polar surface area (TPSA) is 62.4 Å². The molecule has 1 aromatic heterocycles. The number of aliphatic imine (C=N–C) groups is 1. The van der Waals surface area contributed by atoms with E-state index in [0.717, 1.165) is 16.3 Å². The van der Waals surface area contributed by atoms with Gasteiger partial charge in [-0.1, -0.05) is 11.5 Å². The van der Waals surface area contributed by atoms with Gasteiger partial charge in [0.1, 0.15) is 17.1 Å². The summed E-state index contributed by atoms with van der Waals surface area (Å²) in [5.41, 5.74) is 1.73. The summed E-state index contributed by atoms with van der Waals surface area (Å²) in [5, 5.41) is 11.4. The van der Waals surface area contributed by atoms with Gasteiger partial charge < -0.3 is 10.1 Å². The fourth-order valence-electron chi connectivity index (χ4n) is 2.32. The second-order valence-electron chi connectivity index (χ2n) is 5.52. The van der Waals surface area contributed by atoms with E-state index in [9.17, 15) is 4.39 Å². The van der Waals surface area contributed by atoms with Crippen LogP contribution in [0.4, 0.5) is 15.8 Å². The summed E-state index contributed by atoms with van der Waals surface area (Å²) in [5.74, 6) is 0.950. The van der Waals surface area contributed by atoms with Gasteiger partial charge in [0, 0.05) is 10.6 Å². The Morgan fingerprint density at radius 3 is 2.46 bits per heavy atom. The summed E-state index contributed by atoms with van der Waals surface area (Å²) in [4.78, 5) is 5.55. The van der Waals surface area contributed by atoms with Crippen LogP contribution in [0.25, 0.3) is 0 Å². The molecule has 134 valence electrons. The number of hydrogen-bond donors (Lipinski definition) is 2. The molecule has 0 aliphatic heterocycles. The largest absolute Gasteiger partial charge is 0.494 e. The number of aryl methyl sites for hydroxylation is 1. The molecule has 0 radical (unpaired) electrons. The zero-order chi connectivity index (χ0) is 18.5. The van der Waals surface area contributed by atoms with Crippen molar-refractivity contribution in [3.63, 3.8) is 0 Å². The molecule has 0 atom stereocenters. The zero-order valence-corrected chi connectivity index (χ0v) is 15.3. The van der Waals surface area contributed by atoms with Crippen LogP contribution in [0.2, 0.25) is 0 Å². The van der Waals surface area contributed by atoms with Crippen molar-refractivity contribution in [2.75, 3.05) is 11.9 Å². The van der Waals surface area contributed by atoms with Gasteiger partial charge in [-0.05, 0) is 68.4 Å². The number of nitrogens with zero attached hydrogens (tertiary/aromatic N) is 2. The van der Waals surface area contributed by atoms with Crippen molar-refractivity contribution < 1.29 is 9.13 Å².